The van der Waals surface area contributed by atoms with E-state index in [-0.39, 0.29) is 24.0 Å². The molecule has 1 fully saturated rings. The molecule has 0 aromatic carbocycles. The second kappa shape index (κ2) is 6.95. The van der Waals surface area contributed by atoms with Crippen LogP contribution >= 0.6 is 12.4 Å². The Labute approximate surface area is 136 Å². The Morgan fingerprint density at radius 2 is 2.18 bits per heavy atom. The number of sulfonamides is 1. The van der Waals surface area contributed by atoms with E-state index in [0.717, 1.165) is 12.8 Å². The van der Waals surface area contributed by atoms with E-state index in [9.17, 15) is 13.2 Å². The van der Waals surface area contributed by atoms with Crippen LogP contribution in [0, 0.1) is 5.92 Å². The number of nitrogens with two attached hydrogens (primary N) is 1. The SMILES string of the molecule is Cl.Cn1cnc(S(=O)(=O)NCC(=O)NC(C)(CN)C2CC2)c1. The number of imidazole rings is 1. The van der Waals surface area contributed by atoms with Crippen LogP contribution in [0.1, 0.15) is 19.8 Å². The van der Waals surface area contributed by atoms with Crippen molar-refractivity contribution in [2.24, 2.45) is 18.7 Å². The lowest BCUT2D eigenvalue weighted by molar-refractivity contribution is -0.121. The average molecular weight is 352 g/mol. The highest BCUT2D eigenvalue weighted by molar-refractivity contribution is 7.89. The molecular formula is C12H22ClN5O3S. The van der Waals surface area contributed by atoms with Gasteiger partial charge in [0.15, 0.2) is 5.03 Å². The van der Waals surface area contributed by atoms with Crippen LogP contribution in [-0.2, 0) is 21.9 Å². The lowest BCUT2D eigenvalue weighted by Crippen LogP contribution is -2.55. The molecular weight excluding hydrogens is 330 g/mol. The van der Waals surface area contributed by atoms with Crippen LogP contribution in [-0.4, -0.2) is 42.5 Å². The lowest BCUT2D eigenvalue weighted by Gasteiger charge is -2.29. The van der Waals surface area contributed by atoms with E-state index in [2.05, 4.69) is 15.0 Å². The van der Waals surface area contributed by atoms with Crippen molar-refractivity contribution in [3.63, 3.8) is 0 Å². The second-order valence-electron chi connectivity index (χ2n) is 5.65. The summed E-state index contributed by atoms with van der Waals surface area (Å²) < 4.78 is 27.6. The summed E-state index contributed by atoms with van der Waals surface area (Å²) in [6, 6.07) is 0. The van der Waals surface area contributed by atoms with Gasteiger partial charge in [-0.3, -0.25) is 4.79 Å². The van der Waals surface area contributed by atoms with E-state index in [1.165, 1.54) is 17.1 Å². The minimum Gasteiger partial charge on any atom is -0.348 e. The predicted molar refractivity (Wildman–Crippen MR) is 84.0 cm³/mol. The first-order valence-electron chi connectivity index (χ1n) is 6.75. The maximum atomic E-state index is 11.9. The summed E-state index contributed by atoms with van der Waals surface area (Å²) >= 11 is 0. The standard InChI is InChI=1S/C12H21N5O3S.ClH/c1-12(7-13,9-3-4-9)16-10(18)5-15-21(19,20)11-6-17(2)8-14-11;/h6,8-9,15H,3-5,7,13H2,1-2H3,(H,16,18);1H. The number of hydrogen-bond donors (Lipinski definition) is 3. The molecule has 1 aliphatic carbocycles. The van der Waals surface area contributed by atoms with Gasteiger partial charge in [0, 0.05) is 19.8 Å². The van der Waals surface area contributed by atoms with E-state index in [4.69, 9.17) is 5.73 Å². The normalized spacial score (nSPS) is 17.4. The monoisotopic (exact) mass is 351 g/mol. The number of nitrogens with one attached hydrogen (secondary N) is 2. The van der Waals surface area contributed by atoms with E-state index < -0.39 is 21.5 Å². The Morgan fingerprint density at radius 1 is 1.55 bits per heavy atom. The van der Waals surface area contributed by atoms with E-state index in [1.54, 1.807) is 7.05 Å². The van der Waals surface area contributed by atoms with Crippen molar-refractivity contribution in [2.75, 3.05) is 13.1 Å². The summed E-state index contributed by atoms with van der Waals surface area (Å²) in [6.07, 6.45) is 4.82. The van der Waals surface area contributed by atoms with Crippen molar-refractivity contribution < 1.29 is 13.2 Å². The number of carbonyl (C=O) groups is 1. The molecule has 1 unspecified atom stereocenters. The number of halogens is 1. The van der Waals surface area contributed by atoms with Gasteiger partial charge in [-0.25, -0.2) is 18.1 Å². The lowest BCUT2D eigenvalue weighted by atomic mass is 9.96. The van der Waals surface area contributed by atoms with Crippen molar-refractivity contribution in [3.05, 3.63) is 12.5 Å². The fourth-order valence-electron chi connectivity index (χ4n) is 2.17. The van der Waals surface area contributed by atoms with Crippen LogP contribution in [0.5, 0.6) is 0 Å². The Bertz CT molecular complexity index is 628. The largest absolute Gasteiger partial charge is 0.348 e. The third kappa shape index (κ3) is 4.42. The molecule has 1 aliphatic rings. The molecule has 0 aliphatic heterocycles. The van der Waals surface area contributed by atoms with Gasteiger partial charge in [0.05, 0.1) is 18.4 Å². The molecule has 4 N–H and O–H groups in total. The molecule has 1 aromatic heterocycles. The molecule has 10 heteroatoms. The summed E-state index contributed by atoms with van der Waals surface area (Å²) in [7, 11) is -2.11. The average Bonchev–Trinajstić information content (AvgIpc) is 3.19. The number of hydrogen-bond acceptors (Lipinski definition) is 5. The summed E-state index contributed by atoms with van der Waals surface area (Å²) in [5.74, 6) is -0.0202. The molecule has 0 saturated heterocycles. The van der Waals surface area contributed by atoms with Gasteiger partial charge in [0.1, 0.15) is 0 Å². The third-order valence-electron chi connectivity index (χ3n) is 3.71. The van der Waals surface area contributed by atoms with E-state index in [1.807, 2.05) is 6.92 Å². The Morgan fingerprint density at radius 3 is 2.64 bits per heavy atom. The first-order valence-corrected chi connectivity index (χ1v) is 8.24. The summed E-state index contributed by atoms with van der Waals surface area (Å²) in [5.41, 5.74) is 5.24. The number of aromatic nitrogens is 2. The minimum absolute atomic E-state index is 0. The fraction of sp³-hybridized carbons (Fsp3) is 0.667. The number of amides is 1. The highest BCUT2D eigenvalue weighted by Gasteiger charge is 2.41. The molecule has 0 spiro atoms. The van der Waals surface area contributed by atoms with Crippen LogP contribution in [0.15, 0.2) is 17.6 Å². The Balaban J connectivity index is 0.00000242. The Hall–Kier alpha value is -1.16. The van der Waals surface area contributed by atoms with Crippen molar-refractivity contribution in [3.8, 4) is 0 Å². The number of rotatable bonds is 7. The van der Waals surface area contributed by atoms with Crippen molar-refractivity contribution in [2.45, 2.75) is 30.3 Å². The molecule has 1 amide bonds. The fourth-order valence-corrected chi connectivity index (χ4v) is 3.12. The number of aryl methyl sites for hydroxylation is 1. The van der Waals surface area contributed by atoms with Crippen LogP contribution in [0.2, 0.25) is 0 Å². The van der Waals surface area contributed by atoms with E-state index in [0.29, 0.717) is 12.5 Å². The van der Waals surface area contributed by atoms with Gasteiger partial charge >= 0.3 is 0 Å². The topological polar surface area (TPSA) is 119 Å². The summed E-state index contributed by atoms with van der Waals surface area (Å²) in [5, 5.41) is 2.71. The van der Waals surface area contributed by atoms with Crippen LogP contribution in [0.25, 0.3) is 0 Å². The predicted octanol–water partition coefficient (Wildman–Crippen LogP) is -0.636. The molecule has 0 radical (unpaired) electrons. The van der Waals surface area contributed by atoms with Gasteiger partial charge in [0.2, 0.25) is 5.91 Å². The first kappa shape index (κ1) is 18.9. The summed E-state index contributed by atoms with van der Waals surface area (Å²) in [4.78, 5) is 15.7. The van der Waals surface area contributed by atoms with E-state index >= 15 is 0 Å². The number of nitrogens with zero attached hydrogens (tertiary/aromatic N) is 2. The molecule has 1 heterocycles. The summed E-state index contributed by atoms with van der Waals surface area (Å²) in [6.45, 7) is 1.88. The second-order valence-corrected chi connectivity index (χ2v) is 7.36. The first-order chi connectivity index (χ1) is 9.77. The van der Waals surface area contributed by atoms with Gasteiger partial charge in [-0.15, -0.1) is 12.4 Å². The van der Waals surface area contributed by atoms with Gasteiger partial charge in [-0.2, -0.15) is 0 Å². The highest BCUT2D eigenvalue weighted by Crippen LogP contribution is 2.38. The maximum absolute atomic E-state index is 11.9. The van der Waals surface area contributed by atoms with Crippen molar-refractivity contribution in [1.82, 2.24) is 19.6 Å². The molecule has 1 aromatic rings. The maximum Gasteiger partial charge on any atom is 0.260 e. The molecule has 8 nitrogen and oxygen atoms in total. The quantitative estimate of drug-likeness (QED) is 0.604. The smallest absolute Gasteiger partial charge is 0.260 e. The molecule has 1 atom stereocenters. The Kier molecular flexibility index (Phi) is 5.96. The zero-order valence-electron chi connectivity index (χ0n) is 12.6. The zero-order valence-corrected chi connectivity index (χ0v) is 14.2. The molecule has 22 heavy (non-hydrogen) atoms. The minimum atomic E-state index is -3.78. The highest BCUT2D eigenvalue weighted by atomic mass is 35.5. The van der Waals surface area contributed by atoms with Crippen LogP contribution in [0.3, 0.4) is 0 Å². The third-order valence-corrected chi connectivity index (χ3v) is 4.99. The molecule has 126 valence electrons. The van der Waals surface area contributed by atoms with Crippen molar-refractivity contribution in [1.29, 1.82) is 0 Å². The van der Waals surface area contributed by atoms with Crippen LogP contribution in [0.4, 0.5) is 0 Å². The van der Waals surface area contributed by atoms with Crippen LogP contribution < -0.4 is 15.8 Å². The molecule has 2 rings (SSSR count). The van der Waals surface area contributed by atoms with Gasteiger partial charge < -0.3 is 15.6 Å². The zero-order chi connectivity index (χ0) is 15.7. The van der Waals surface area contributed by atoms with Gasteiger partial charge in [0.25, 0.3) is 10.0 Å². The number of carbonyl (C=O) groups excluding carboxylic acids is 1. The van der Waals surface area contributed by atoms with Crippen molar-refractivity contribution >= 4 is 28.3 Å². The molecule has 0 bridgehead atoms. The van der Waals surface area contributed by atoms with Gasteiger partial charge in [-0.05, 0) is 25.7 Å². The molecule has 1 saturated carbocycles. The van der Waals surface area contributed by atoms with Gasteiger partial charge in [-0.1, -0.05) is 0 Å².